The summed E-state index contributed by atoms with van der Waals surface area (Å²) in [5.74, 6) is 0.638. The van der Waals surface area contributed by atoms with Crippen molar-refractivity contribution in [2.75, 3.05) is 0 Å². The van der Waals surface area contributed by atoms with Gasteiger partial charge in [-0.2, -0.15) is 0 Å². The van der Waals surface area contributed by atoms with Crippen LogP contribution in [-0.4, -0.2) is 10.4 Å². The molecule has 76 valence electrons. The molecule has 0 aliphatic heterocycles. The van der Waals surface area contributed by atoms with Gasteiger partial charge in [0.15, 0.2) is 0 Å². The van der Waals surface area contributed by atoms with Crippen molar-refractivity contribution in [1.82, 2.24) is 4.98 Å². The summed E-state index contributed by atoms with van der Waals surface area (Å²) in [7, 11) is 0. The molecule has 0 aromatic carbocycles. The number of halogens is 1. The summed E-state index contributed by atoms with van der Waals surface area (Å²) in [6, 6.07) is 2.24. The van der Waals surface area contributed by atoms with Crippen LogP contribution >= 0.6 is 11.6 Å². The van der Waals surface area contributed by atoms with Gasteiger partial charge < -0.3 is 0 Å². The van der Waals surface area contributed by atoms with E-state index < -0.39 is 0 Å². The van der Waals surface area contributed by atoms with Crippen LogP contribution in [0.4, 0.5) is 0 Å². The molecule has 14 heavy (non-hydrogen) atoms. The van der Waals surface area contributed by atoms with Crippen LogP contribution in [0.3, 0.4) is 0 Å². The van der Waals surface area contributed by atoms with E-state index in [0.717, 1.165) is 6.42 Å². The number of pyridine rings is 1. The van der Waals surface area contributed by atoms with E-state index in [4.69, 9.17) is 11.6 Å². The first kappa shape index (κ1) is 9.97. The molecule has 1 nitrogen and oxygen atoms in total. The first-order valence-electron chi connectivity index (χ1n) is 5.31. The van der Waals surface area contributed by atoms with Crippen LogP contribution in [0.25, 0.3) is 0 Å². The average molecular weight is 210 g/mol. The van der Waals surface area contributed by atoms with Gasteiger partial charge in [0, 0.05) is 17.8 Å². The molecule has 0 amide bonds. The van der Waals surface area contributed by atoms with Crippen LogP contribution in [0.1, 0.15) is 42.7 Å². The smallest absolute Gasteiger partial charge is 0.0341 e. The van der Waals surface area contributed by atoms with Gasteiger partial charge in [0.2, 0.25) is 0 Å². The first-order valence-corrected chi connectivity index (χ1v) is 5.75. The molecule has 0 N–H and O–H groups in total. The van der Waals surface area contributed by atoms with E-state index >= 15 is 0 Å². The lowest BCUT2D eigenvalue weighted by Gasteiger charge is -2.25. The minimum Gasteiger partial charge on any atom is -0.264 e. The Morgan fingerprint density at radius 2 is 2.21 bits per heavy atom. The molecule has 1 fully saturated rings. The lowest BCUT2D eigenvalue weighted by molar-refractivity contribution is 0.448. The van der Waals surface area contributed by atoms with E-state index in [9.17, 15) is 0 Å². The molecular weight excluding hydrogens is 194 g/mol. The Hall–Kier alpha value is -0.560. The van der Waals surface area contributed by atoms with Crippen molar-refractivity contribution in [3.8, 4) is 0 Å². The summed E-state index contributed by atoms with van der Waals surface area (Å²) in [4.78, 5) is 4.24. The summed E-state index contributed by atoms with van der Waals surface area (Å²) >= 11 is 6.18. The van der Waals surface area contributed by atoms with Gasteiger partial charge in [-0.15, -0.1) is 11.6 Å². The molecule has 2 heteroatoms. The molecule has 0 saturated heterocycles. The van der Waals surface area contributed by atoms with Crippen molar-refractivity contribution in [2.24, 2.45) is 0 Å². The Balaban J connectivity index is 2.14. The van der Waals surface area contributed by atoms with E-state index in [0.29, 0.717) is 11.3 Å². The fraction of sp³-hybridized carbons (Fsp3) is 0.583. The summed E-state index contributed by atoms with van der Waals surface area (Å²) in [5.41, 5.74) is 2.62. The van der Waals surface area contributed by atoms with Crippen molar-refractivity contribution >= 4 is 11.6 Å². The topological polar surface area (TPSA) is 12.9 Å². The highest BCUT2D eigenvalue weighted by atomic mass is 35.5. The maximum Gasteiger partial charge on any atom is 0.0341 e. The zero-order valence-electron chi connectivity index (χ0n) is 8.54. The van der Waals surface area contributed by atoms with Crippen molar-refractivity contribution in [2.45, 2.75) is 43.9 Å². The molecule has 1 aliphatic carbocycles. The number of aromatic nitrogens is 1. The third-order valence-electron chi connectivity index (χ3n) is 2.98. The van der Waals surface area contributed by atoms with Gasteiger partial charge in [-0.3, -0.25) is 4.98 Å². The second kappa shape index (κ2) is 4.31. The largest absolute Gasteiger partial charge is 0.264 e. The Morgan fingerprint density at radius 1 is 1.36 bits per heavy atom. The lowest BCUT2D eigenvalue weighted by Crippen LogP contribution is -2.14. The molecule has 0 bridgehead atoms. The fourth-order valence-electron chi connectivity index (χ4n) is 2.23. The van der Waals surface area contributed by atoms with Crippen molar-refractivity contribution < 1.29 is 0 Å². The monoisotopic (exact) mass is 209 g/mol. The van der Waals surface area contributed by atoms with E-state index in [1.807, 2.05) is 12.4 Å². The molecular formula is C12H16ClN. The van der Waals surface area contributed by atoms with Crippen LogP contribution in [0.15, 0.2) is 18.5 Å². The third kappa shape index (κ3) is 2.27. The van der Waals surface area contributed by atoms with Crippen LogP contribution in [-0.2, 0) is 0 Å². The number of rotatable bonds is 1. The molecule has 2 rings (SSSR count). The maximum atomic E-state index is 6.18. The highest BCUT2D eigenvalue weighted by Crippen LogP contribution is 2.34. The Kier molecular flexibility index (Phi) is 3.07. The van der Waals surface area contributed by atoms with E-state index in [2.05, 4.69) is 18.0 Å². The maximum absolute atomic E-state index is 6.18. The summed E-state index contributed by atoms with van der Waals surface area (Å²) < 4.78 is 0. The van der Waals surface area contributed by atoms with Crippen molar-refractivity contribution in [3.05, 3.63) is 29.6 Å². The van der Waals surface area contributed by atoms with Gasteiger partial charge in [0.25, 0.3) is 0 Å². The molecule has 0 radical (unpaired) electrons. The Labute approximate surface area is 90.5 Å². The molecule has 0 spiro atoms. The standard InChI is InChI=1S/C12H16ClN/c1-9-5-11(8-14-7-9)10-3-2-4-12(13)6-10/h5,7-8,10,12H,2-4,6H2,1H3. The molecule has 1 aromatic heterocycles. The SMILES string of the molecule is Cc1cncc(C2CCCC(Cl)C2)c1. The van der Waals surface area contributed by atoms with Crippen LogP contribution in [0.5, 0.6) is 0 Å². The number of hydrogen-bond acceptors (Lipinski definition) is 1. The van der Waals surface area contributed by atoms with Gasteiger partial charge in [0.1, 0.15) is 0 Å². The zero-order chi connectivity index (χ0) is 9.97. The number of aryl methyl sites for hydroxylation is 1. The van der Waals surface area contributed by atoms with Crippen molar-refractivity contribution in [3.63, 3.8) is 0 Å². The normalized spacial score (nSPS) is 27.6. The lowest BCUT2D eigenvalue weighted by atomic mass is 9.84. The average Bonchev–Trinajstić information content (AvgIpc) is 2.18. The van der Waals surface area contributed by atoms with Gasteiger partial charge in [-0.1, -0.05) is 12.5 Å². The van der Waals surface area contributed by atoms with Gasteiger partial charge in [-0.25, -0.2) is 0 Å². The van der Waals surface area contributed by atoms with Gasteiger partial charge >= 0.3 is 0 Å². The van der Waals surface area contributed by atoms with Crippen LogP contribution < -0.4 is 0 Å². The molecule has 1 saturated carbocycles. The minimum absolute atomic E-state index is 0.370. The second-order valence-electron chi connectivity index (χ2n) is 4.26. The molecule has 2 atom stereocenters. The minimum atomic E-state index is 0.370. The van der Waals surface area contributed by atoms with E-state index in [1.54, 1.807) is 0 Å². The Bertz CT molecular complexity index is 311. The molecule has 1 heterocycles. The molecule has 1 aliphatic rings. The van der Waals surface area contributed by atoms with Gasteiger partial charge in [-0.05, 0) is 43.2 Å². The van der Waals surface area contributed by atoms with Crippen LogP contribution in [0, 0.1) is 6.92 Å². The van der Waals surface area contributed by atoms with E-state index in [1.165, 1.54) is 30.4 Å². The molecule has 1 aromatic rings. The summed E-state index contributed by atoms with van der Waals surface area (Å²) in [6.07, 6.45) is 8.72. The van der Waals surface area contributed by atoms with Crippen molar-refractivity contribution in [1.29, 1.82) is 0 Å². The van der Waals surface area contributed by atoms with Crippen LogP contribution in [0.2, 0.25) is 0 Å². The molecule has 2 unspecified atom stereocenters. The highest BCUT2D eigenvalue weighted by molar-refractivity contribution is 6.20. The quantitative estimate of drug-likeness (QED) is 0.644. The number of alkyl halides is 1. The fourth-order valence-corrected chi connectivity index (χ4v) is 2.60. The highest BCUT2D eigenvalue weighted by Gasteiger charge is 2.21. The zero-order valence-corrected chi connectivity index (χ0v) is 9.30. The first-order chi connectivity index (χ1) is 6.75. The Morgan fingerprint density at radius 3 is 2.93 bits per heavy atom. The van der Waals surface area contributed by atoms with E-state index in [-0.39, 0.29) is 0 Å². The number of nitrogens with zero attached hydrogens (tertiary/aromatic N) is 1. The predicted molar refractivity (Wildman–Crippen MR) is 59.8 cm³/mol. The van der Waals surface area contributed by atoms with Gasteiger partial charge in [0.05, 0.1) is 0 Å². The second-order valence-corrected chi connectivity index (χ2v) is 4.87. The number of hydrogen-bond donors (Lipinski definition) is 0. The summed E-state index contributed by atoms with van der Waals surface area (Å²) in [6.45, 7) is 2.09. The predicted octanol–water partition coefficient (Wildman–Crippen LogP) is 3.66. The third-order valence-corrected chi connectivity index (χ3v) is 3.37. The summed E-state index contributed by atoms with van der Waals surface area (Å²) in [5, 5.41) is 0.370.